The van der Waals surface area contributed by atoms with Crippen LogP contribution in [0.25, 0.3) is 0 Å². The van der Waals surface area contributed by atoms with Gasteiger partial charge in [0, 0.05) is 0 Å². The molecule has 1 aromatic carbocycles. The Balaban J connectivity index is 2.41. The van der Waals surface area contributed by atoms with Crippen molar-refractivity contribution in [3.05, 3.63) is 23.3 Å². The number of aliphatic carboxylic acids is 1. The molecule has 0 fully saturated rings. The number of carboxylic acid groups (broad SMARTS) is 1. The van der Waals surface area contributed by atoms with Crippen molar-refractivity contribution in [2.24, 2.45) is 5.41 Å². The van der Waals surface area contributed by atoms with Gasteiger partial charge in [-0.2, -0.15) is 0 Å². The van der Waals surface area contributed by atoms with E-state index in [1.807, 2.05) is 12.1 Å². The van der Waals surface area contributed by atoms with E-state index in [0.717, 1.165) is 17.5 Å². The number of carboxylic acids is 1. The van der Waals surface area contributed by atoms with Crippen LogP contribution >= 0.6 is 0 Å². The van der Waals surface area contributed by atoms with Crippen LogP contribution < -0.4 is 9.47 Å². The molecule has 18 heavy (non-hydrogen) atoms. The molecule has 0 saturated heterocycles. The summed E-state index contributed by atoms with van der Waals surface area (Å²) in [5.41, 5.74) is 1.53. The minimum Gasteiger partial charge on any atom is -0.493 e. The predicted octanol–water partition coefficient (Wildman–Crippen LogP) is 2.28. The van der Waals surface area contributed by atoms with E-state index in [1.54, 1.807) is 21.1 Å². The Morgan fingerprint density at radius 3 is 2.28 bits per heavy atom. The zero-order valence-electron chi connectivity index (χ0n) is 10.9. The second kappa shape index (κ2) is 4.52. The predicted molar refractivity (Wildman–Crippen MR) is 67.3 cm³/mol. The largest absolute Gasteiger partial charge is 0.493 e. The average Bonchev–Trinajstić information content (AvgIpc) is 2.36. The zero-order chi connectivity index (χ0) is 13.3. The second-order valence-corrected chi connectivity index (χ2v) is 5.02. The Kier molecular flexibility index (Phi) is 3.20. The van der Waals surface area contributed by atoms with Gasteiger partial charge < -0.3 is 14.6 Å². The summed E-state index contributed by atoms with van der Waals surface area (Å²) in [6, 6.07) is 3.85. The number of methoxy groups -OCH3 is 2. The fourth-order valence-corrected chi connectivity index (χ4v) is 2.46. The van der Waals surface area contributed by atoms with Crippen LogP contribution in [-0.4, -0.2) is 25.3 Å². The van der Waals surface area contributed by atoms with Gasteiger partial charge in [0.2, 0.25) is 0 Å². The van der Waals surface area contributed by atoms with Gasteiger partial charge in [-0.1, -0.05) is 0 Å². The maximum Gasteiger partial charge on any atom is 0.309 e. The van der Waals surface area contributed by atoms with Gasteiger partial charge in [-0.05, 0) is 49.4 Å². The third kappa shape index (κ3) is 2.03. The van der Waals surface area contributed by atoms with Crippen LogP contribution in [0.2, 0.25) is 0 Å². The summed E-state index contributed by atoms with van der Waals surface area (Å²) in [4.78, 5) is 11.3. The number of hydrogen-bond acceptors (Lipinski definition) is 3. The monoisotopic (exact) mass is 250 g/mol. The SMILES string of the molecule is COc1cc2c(cc1OC)C[C@](C)(C(=O)O)CC2. The van der Waals surface area contributed by atoms with Gasteiger partial charge in [-0.25, -0.2) is 0 Å². The number of carbonyl (C=O) groups is 1. The van der Waals surface area contributed by atoms with Gasteiger partial charge in [-0.15, -0.1) is 0 Å². The zero-order valence-corrected chi connectivity index (χ0v) is 10.9. The van der Waals surface area contributed by atoms with Gasteiger partial charge >= 0.3 is 5.97 Å². The first kappa shape index (κ1) is 12.7. The van der Waals surface area contributed by atoms with Crippen molar-refractivity contribution in [3.8, 4) is 11.5 Å². The Labute approximate surface area is 107 Å². The van der Waals surface area contributed by atoms with Crippen LogP contribution in [0.4, 0.5) is 0 Å². The Bertz CT molecular complexity index is 481. The lowest BCUT2D eigenvalue weighted by atomic mass is 9.73. The summed E-state index contributed by atoms with van der Waals surface area (Å²) >= 11 is 0. The smallest absolute Gasteiger partial charge is 0.309 e. The number of rotatable bonds is 3. The summed E-state index contributed by atoms with van der Waals surface area (Å²) in [5.74, 6) is 0.629. The first-order valence-corrected chi connectivity index (χ1v) is 5.97. The molecule has 0 radical (unpaired) electrons. The maximum atomic E-state index is 11.3. The molecule has 0 saturated carbocycles. The fourth-order valence-electron chi connectivity index (χ4n) is 2.46. The minimum atomic E-state index is -0.733. The van der Waals surface area contributed by atoms with Crippen LogP contribution in [0, 0.1) is 5.41 Å². The summed E-state index contributed by atoms with van der Waals surface area (Å²) in [6.45, 7) is 1.80. The van der Waals surface area contributed by atoms with Crippen molar-refractivity contribution in [1.82, 2.24) is 0 Å². The van der Waals surface area contributed by atoms with Gasteiger partial charge in [0.25, 0.3) is 0 Å². The van der Waals surface area contributed by atoms with Crippen LogP contribution in [0.1, 0.15) is 24.5 Å². The maximum absolute atomic E-state index is 11.3. The Morgan fingerprint density at radius 1 is 1.22 bits per heavy atom. The van der Waals surface area contributed by atoms with Gasteiger partial charge in [0.05, 0.1) is 19.6 Å². The third-order valence-corrected chi connectivity index (χ3v) is 3.75. The number of aryl methyl sites for hydroxylation is 1. The molecule has 0 heterocycles. The van der Waals surface area contributed by atoms with Crippen LogP contribution in [-0.2, 0) is 17.6 Å². The molecule has 1 atom stereocenters. The van der Waals surface area contributed by atoms with Crippen LogP contribution in [0.15, 0.2) is 12.1 Å². The summed E-state index contributed by atoms with van der Waals surface area (Å²) in [5, 5.41) is 9.29. The molecule has 1 N–H and O–H groups in total. The standard InChI is InChI=1S/C14H18O4/c1-14(13(15)16)5-4-9-6-11(17-2)12(18-3)7-10(9)8-14/h6-7H,4-5,8H2,1-3H3,(H,15,16)/t14-/m1/s1. The third-order valence-electron chi connectivity index (χ3n) is 3.75. The molecule has 0 bridgehead atoms. The number of fused-ring (bicyclic) bond motifs is 1. The normalized spacial score (nSPS) is 22.2. The minimum absolute atomic E-state index is 0.540. The molecule has 98 valence electrons. The first-order valence-electron chi connectivity index (χ1n) is 5.97. The molecule has 1 aliphatic carbocycles. The van der Waals surface area contributed by atoms with E-state index in [-0.39, 0.29) is 0 Å². The average molecular weight is 250 g/mol. The highest BCUT2D eigenvalue weighted by Gasteiger charge is 2.37. The number of benzene rings is 1. The highest BCUT2D eigenvalue weighted by molar-refractivity contribution is 5.75. The lowest BCUT2D eigenvalue weighted by molar-refractivity contribution is -0.148. The van der Waals surface area contributed by atoms with Crippen LogP contribution in [0.3, 0.4) is 0 Å². The Hall–Kier alpha value is -1.71. The molecule has 0 amide bonds. The van der Waals surface area contributed by atoms with E-state index in [1.165, 1.54) is 0 Å². The van der Waals surface area contributed by atoms with E-state index in [2.05, 4.69) is 0 Å². The van der Waals surface area contributed by atoms with Gasteiger partial charge in [0.1, 0.15) is 0 Å². The van der Waals surface area contributed by atoms with E-state index < -0.39 is 11.4 Å². The van der Waals surface area contributed by atoms with Crippen molar-refractivity contribution in [3.63, 3.8) is 0 Å². The van der Waals surface area contributed by atoms with E-state index >= 15 is 0 Å². The highest BCUT2D eigenvalue weighted by Crippen LogP contribution is 2.40. The van der Waals surface area contributed by atoms with Crippen molar-refractivity contribution in [2.45, 2.75) is 26.2 Å². The lowest BCUT2D eigenvalue weighted by Crippen LogP contribution is -2.33. The topological polar surface area (TPSA) is 55.8 Å². The molecule has 2 rings (SSSR count). The van der Waals surface area contributed by atoms with Crippen molar-refractivity contribution in [1.29, 1.82) is 0 Å². The first-order chi connectivity index (χ1) is 8.50. The molecule has 0 unspecified atom stereocenters. The molecule has 4 nitrogen and oxygen atoms in total. The van der Waals surface area contributed by atoms with E-state index in [4.69, 9.17) is 9.47 Å². The van der Waals surface area contributed by atoms with E-state index in [0.29, 0.717) is 24.3 Å². The second-order valence-electron chi connectivity index (χ2n) is 5.02. The van der Waals surface area contributed by atoms with E-state index in [9.17, 15) is 9.90 Å². The molecule has 1 aromatic rings. The summed E-state index contributed by atoms with van der Waals surface area (Å²) in [6.07, 6.45) is 1.96. The number of hydrogen-bond donors (Lipinski definition) is 1. The van der Waals surface area contributed by atoms with Crippen LogP contribution in [0.5, 0.6) is 11.5 Å². The fraction of sp³-hybridized carbons (Fsp3) is 0.500. The molecule has 4 heteroatoms. The molecular formula is C14H18O4. The lowest BCUT2D eigenvalue weighted by Gasteiger charge is -2.31. The molecular weight excluding hydrogens is 232 g/mol. The molecule has 1 aliphatic rings. The van der Waals surface area contributed by atoms with Crippen molar-refractivity contribution >= 4 is 5.97 Å². The van der Waals surface area contributed by atoms with Crippen molar-refractivity contribution < 1.29 is 19.4 Å². The molecule has 0 aromatic heterocycles. The quantitative estimate of drug-likeness (QED) is 0.894. The van der Waals surface area contributed by atoms with Gasteiger partial charge in [-0.3, -0.25) is 4.79 Å². The number of ether oxygens (including phenoxy) is 2. The Morgan fingerprint density at radius 2 is 1.78 bits per heavy atom. The highest BCUT2D eigenvalue weighted by atomic mass is 16.5. The van der Waals surface area contributed by atoms with Crippen molar-refractivity contribution in [2.75, 3.05) is 14.2 Å². The molecule has 0 spiro atoms. The molecule has 0 aliphatic heterocycles. The summed E-state index contributed by atoms with van der Waals surface area (Å²) in [7, 11) is 3.19. The summed E-state index contributed by atoms with van der Waals surface area (Å²) < 4.78 is 10.5. The van der Waals surface area contributed by atoms with Gasteiger partial charge in [0.15, 0.2) is 11.5 Å².